The van der Waals surface area contributed by atoms with Crippen molar-refractivity contribution in [3.63, 3.8) is 0 Å². The van der Waals surface area contributed by atoms with Crippen LogP contribution in [0.2, 0.25) is 0 Å². The van der Waals surface area contributed by atoms with Crippen LogP contribution in [-0.4, -0.2) is 26.5 Å². The second kappa shape index (κ2) is 7.36. The van der Waals surface area contributed by atoms with Crippen molar-refractivity contribution in [2.45, 2.75) is 0 Å². The van der Waals surface area contributed by atoms with Crippen molar-refractivity contribution in [2.75, 3.05) is 0 Å². The van der Waals surface area contributed by atoms with Gasteiger partial charge in [-0.1, -0.05) is 0 Å². The molecule has 96 valence electrons. The minimum absolute atomic E-state index is 0.0230. The monoisotopic (exact) mass is 354 g/mol. The molecule has 0 saturated heterocycles. The number of rotatable bonds is 6. The number of thiophene rings is 2. The zero-order chi connectivity index (χ0) is 13.5. The van der Waals surface area contributed by atoms with E-state index in [2.05, 4.69) is 0 Å². The van der Waals surface area contributed by atoms with Crippen molar-refractivity contribution in [1.82, 2.24) is 0 Å². The number of allylic oxidation sites excluding steroid dienone is 2. The maximum atomic E-state index is 11.6. The first kappa shape index (κ1) is 14.2. The van der Waals surface area contributed by atoms with Crippen LogP contribution in [0, 0.1) is 0 Å². The molecule has 2 rings (SSSR count). The van der Waals surface area contributed by atoms with E-state index < -0.39 is 0 Å². The van der Waals surface area contributed by atoms with Gasteiger partial charge in [0.2, 0.25) is 0 Å². The quantitative estimate of drug-likeness (QED) is 0.452. The molecule has 0 aromatic carbocycles. The van der Waals surface area contributed by atoms with Crippen LogP contribution < -0.4 is 0 Å². The van der Waals surface area contributed by atoms with E-state index in [1.165, 1.54) is 22.7 Å². The SMILES string of the molecule is O=C(/C=C\[Se]/C=C\C(=O)c1cccs1)c1cccs1. The molecule has 5 heteroatoms. The fourth-order valence-corrected chi connectivity index (χ4v) is 3.58. The van der Waals surface area contributed by atoms with Crippen molar-refractivity contribution in [2.24, 2.45) is 0 Å². The van der Waals surface area contributed by atoms with Gasteiger partial charge in [-0.2, -0.15) is 0 Å². The summed E-state index contributed by atoms with van der Waals surface area (Å²) in [6, 6.07) is 7.33. The Morgan fingerprint density at radius 1 is 0.895 bits per heavy atom. The Morgan fingerprint density at radius 2 is 1.37 bits per heavy atom. The molecule has 0 aliphatic rings. The van der Waals surface area contributed by atoms with E-state index in [0.29, 0.717) is 0 Å². The number of hydrogen-bond donors (Lipinski definition) is 0. The molecule has 0 radical (unpaired) electrons. The number of carbonyl (C=O) groups excluding carboxylic acids is 2. The van der Waals surface area contributed by atoms with Gasteiger partial charge in [-0.3, -0.25) is 0 Å². The zero-order valence-corrected chi connectivity index (χ0v) is 13.2. The molecule has 0 atom stereocenters. The average Bonchev–Trinajstić information content (AvgIpc) is 3.10. The van der Waals surface area contributed by atoms with Gasteiger partial charge in [-0.15, -0.1) is 0 Å². The summed E-state index contributed by atoms with van der Waals surface area (Å²) in [5.41, 5.74) is 0. The third-order valence-electron chi connectivity index (χ3n) is 2.12. The molecule has 0 bridgehead atoms. The maximum absolute atomic E-state index is 11.6. The summed E-state index contributed by atoms with van der Waals surface area (Å²) in [5, 5.41) is 3.76. The van der Waals surface area contributed by atoms with Crippen LogP contribution in [0.25, 0.3) is 0 Å². The first-order valence-corrected chi connectivity index (χ1v) is 9.15. The number of carbonyl (C=O) groups is 2. The Morgan fingerprint density at radius 3 is 1.74 bits per heavy atom. The van der Waals surface area contributed by atoms with Crippen molar-refractivity contribution in [3.8, 4) is 0 Å². The Kier molecular flexibility index (Phi) is 5.48. The van der Waals surface area contributed by atoms with E-state index in [9.17, 15) is 9.59 Å². The molecule has 0 unspecified atom stereocenters. The Hall–Kier alpha value is -1.26. The van der Waals surface area contributed by atoms with Crippen LogP contribution in [0.4, 0.5) is 0 Å². The summed E-state index contributed by atoms with van der Waals surface area (Å²) in [6.45, 7) is 0. The number of hydrogen-bond acceptors (Lipinski definition) is 4. The Balaban J connectivity index is 1.80. The minimum atomic E-state index is 0.0230. The first-order valence-electron chi connectivity index (χ1n) is 5.41. The van der Waals surface area contributed by atoms with Gasteiger partial charge in [-0.25, -0.2) is 0 Å². The van der Waals surface area contributed by atoms with Crippen LogP contribution in [0.5, 0.6) is 0 Å². The summed E-state index contributed by atoms with van der Waals surface area (Å²) < 4.78 is 0. The summed E-state index contributed by atoms with van der Waals surface area (Å²) in [7, 11) is 0. The summed E-state index contributed by atoms with van der Waals surface area (Å²) in [5.74, 6) is 0.0460. The molecule has 0 amide bonds. The van der Waals surface area contributed by atoms with E-state index >= 15 is 0 Å². The topological polar surface area (TPSA) is 34.1 Å². The fraction of sp³-hybridized carbons (Fsp3) is 0. The molecule has 0 aliphatic carbocycles. The predicted molar refractivity (Wildman–Crippen MR) is 81.3 cm³/mol. The van der Waals surface area contributed by atoms with Gasteiger partial charge in [0.05, 0.1) is 0 Å². The van der Waals surface area contributed by atoms with E-state index in [1.54, 1.807) is 24.3 Å². The van der Waals surface area contributed by atoms with Crippen molar-refractivity contribution >= 4 is 49.2 Å². The molecule has 0 fully saturated rings. The fourth-order valence-electron chi connectivity index (χ4n) is 1.25. The molecule has 0 N–H and O–H groups in total. The van der Waals surface area contributed by atoms with E-state index in [1.807, 2.05) is 32.8 Å². The first-order chi connectivity index (χ1) is 9.27. The normalized spacial score (nSPS) is 11.4. The Bertz CT molecular complexity index is 541. The van der Waals surface area contributed by atoms with Gasteiger partial charge >= 0.3 is 126 Å². The van der Waals surface area contributed by atoms with Gasteiger partial charge in [-0.05, 0) is 0 Å². The van der Waals surface area contributed by atoms with Crippen LogP contribution in [0.15, 0.2) is 57.1 Å². The van der Waals surface area contributed by atoms with Crippen molar-refractivity contribution in [1.29, 1.82) is 0 Å². The van der Waals surface area contributed by atoms with Crippen LogP contribution in [-0.2, 0) is 0 Å². The molecule has 0 spiro atoms. The van der Waals surface area contributed by atoms with Crippen LogP contribution in [0.3, 0.4) is 0 Å². The predicted octanol–water partition coefficient (Wildman–Crippen LogP) is 3.61. The van der Waals surface area contributed by atoms with E-state index in [0.717, 1.165) is 9.75 Å². The average molecular weight is 353 g/mol. The summed E-state index contributed by atoms with van der Waals surface area (Å²) in [6.07, 6.45) is 3.15. The second-order valence-electron chi connectivity index (χ2n) is 3.42. The molecule has 2 aromatic rings. The summed E-state index contributed by atoms with van der Waals surface area (Å²) >= 11 is 2.89. The molecule has 2 nitrogen and oxygen atoms in total. The van der Waals surface area contributed by atoms with Crippen LogP contribution in [0.1, 0.15) is 19.3 Å². The zero-order valence-electron chi connectivity index (χ0n) is 9.81. The van der Waals surface area contributed by atoms with Gasteiger partial charge in [0.25, 0.3) is 0 Å². The molecule has 0 aliphatic heterocycles. The molecular formula is C14H10O2S2Se. The molecule has 2 aromatic heterocycles. The molecule has 19 heavy (non-hydrogen) atoms. The van der Waals surface area contributed by atoms with Crippen LogP contribution >= 0.6 is 22.7 Å². The standard InChI is InChI=1S/C14H10O2S2Se/c15-11(13-3-1-7-17-13)5-9-19-10-6-12(16)14-4-2-8-18-14/h1-10H/b9-5-,10-6-. The van der Waals surface area contributed by atoms with Crippen molar-refractivity contribution < 1.29 is 9.59 Å². The van der Waals surface area contributed by atoms with Gasteiger partial charge < -0.3 is 0 Å². The summed E-state index contributed by atoms with van der Waals surface area (Å²) in [4.78, 5) is 28.4. The van der Waals surface area contributed by atoms with Gasteiger partial charge in [0, 0.05) is 0 Å². The van der Waals surface area contributed by atoms with Gasteiger partial charge in [0.1, 0.15) is 0 Å². The third-order valence-corrected chi connectivity index (χ3v) is 5.12. The molecular weight excluding hydrogens is 343 g/mol. The number of ketones is 2. The van der Waals surface area contributed by atoms with Gasteiger partial charge in [0.15, 0.2) is 0 Å². The Labute approximate surface area is 125 Å². The van der Waals surface area contributed by atoms with E-state index in [4.69, 9.17) is 0 Å². The van der Waals surface area contributed by atoms with E-state index in [-0.39, 0.29) is 26.5 Å². The van der Waals surface area contributed by atoms with Crippen molar-refractivity contribution in [3.05, 3.63) is 66.9 Å². The second-order valence-corrected chi connectivity index (χ2v) is 7.03. The third kappa shape index (κ3) is 4.40. The molecule has 0 saturated carbocycles. The molecule has 2 heterocycles.